The van der Waals surface area contributed by atoms with Gasteiger partial charge in [0.05, 0.1) is 6.10 Å². The van der Waals surface area contributed by atoms with Crippen molar-refractivity contribution in [3.8, 4) is 0 Å². The first kappa shape index (κ1) is 15.0. The van der Waals surface area contributed by atoms with Gasteiger partial charge >= 0.3 is 0 Å². The highest BCUT2D eigenvalue weighted by atomic mass is 32.1. The van der Waals surface area contributed by atoms with Gasteiger partial charge in [-0.05, 0) is 42.2 Å². The van der Waals surface area contributed by atoms with Crippen molar-refractivity contribution in [2.24, 2.45) is 5.41 Å². The number of rotatable bonds is 5. The van der Waals surface area contributed by atoms with Crippen LogP contribution in [0.2, 0.25) is 0 Å². The van der Waals surface area contributed by atoms with Gasteiger partial charge in [0.25, 0.3) is 0 Å². The van der Waals surface area contributed by atoms with Crippen molar-refractivity contribution >= 4 is 21.4 Å². The minimum Gasteiger partial charge on any atom is -0.378 e. The summed E-state index contributed by atoms with van der Waals surface area (Å²) < 4.78 is 7.32. The molecule has 2 nitrogen and oxygen atoms in total. The highest BCUT2D eigenvalue weighted by Gasteiger charge is 2.41. The molecule has 1 saturated heterocycles. The maximum absolute atomic E-state index is 5.93. The monoisotopic (exact) mass is 303 g/mol. The predicted molar refractivity (Wildman–Crippen MR) is 91.1 cm³/mol. The van der Waals surface area contributed by atoms with Crippen LogP contribution in [0.1, 0.15) is 32.8 Å². The molecule has 2 atom stereocenters. The fourth-order valence-corrected chi connectivity index (χ4v) is 4.26. The van der Waals surface area contributed by atoms with Crippen LogP contribution in [0.3, 0.4) is 0 Å². The lowest BCUT2D eigenvalue weighted by Gasteiger charge is -2.33. The number of benzene rings is 1. The van der Waals surface area contributed by atoms with Crippen molar-refractivity contribution in [2.45, 2.75) is 45.8 Å². The molecule has 114 valence electrons. The summed E-state index contributed by atoms with van der Waals surface area (Å²) >= 11 is 1.86. The number of nitrogens with one attached hydrogen (secondary N) is 1. The van der Waals surface area contributed by atoms with E-state index in [0.717, 1.165) is 26.0 Å². The molecule has 3 heteroatoms. The van der Waals surface area contributed by atoms with Crippen LogP contribution in [0.4, 0.5) is 0 Å². The van der Waals surface area contributed by atoms with E-state index < -0.39 is 0 Å². The van der Waals surface area contributed by atoms with Crippen LogP contribution in [0, 0.1) is 5.41 Å². The first-order valence-corrected chi connectivity index (χ1v) is 8.79. The topological polar surface area (TPSA) is 21.3 Å². The zero-order valence-electron chi connectivity index (χ0n) is 13.2. The van der Waals surface area contributed by atoms with Gasteiger partial charge in [-0.1, -0.05) is 32.0 Å². The molecule has 2 unspecified atom stereocenters. The van der Waals surface area contributed by atoms with E-state index in [9.17, 15) is 0 Å². The Morgan fingerprint density at radius 1 is 1.38 bits per heavy atom. The summed E-state index contributed by atoms with van der Waals surface area (Å²) in [5.74, 6) is 0. The molecule has 1 aliphatic rings. The zero-order chi connectivity index (χ0) is 14.9. The molecule has 1 N–H and O–H groups in total. The van der Waals surface area contributed by atoms with Gasteiger partial charge in [-0.2, -0.15) is 0 Å². The van der Waals surface area contributed by atoms with Crippen molar-refractivity contribution < 1.29 is 4.74 Å². The molecule has 1 fully saturated rings. The van der Waals surface area contributed by atoms with Gasteiger partial charge in [0.2, 0.25) is 0 Å². The van der Waals surface area contributed by atoms with E-state index in [4.69, 9.17) is 4.74 Å². The molecule has 0 saturated carbocycles. The van der Waals surface area contributed by atoms with Gasteiger partial charge < -0.3 is 10.1 Å². The van der Waals surface area contributed by atoms with E-state index in [-0.39, 0.29) is 5.41 Å². The van der Waals surface area contributed by atoms with Gasteiger partial charge in [0.15, 0.2) is 0 Å². The van der Waals surface area contributed by atoms with E-state index in [1.807, 2.05) is 11.3 Å². The fourth-order valence-electron chi connectivity index (χ4n) is 3.30. The Kier molecular flexibility index (Phi) is 4.34. The SMILES string of the molecule is CC(C)NCC1(Cc2csc3ccccc23)CCOC1C. The Balaban J connectivity index is 1.87. The summed E-state index contributed by atoms with van der Waals surface area (Å²) in [6.45, 7) is 8.60. The molecule has 1 aliphatic heterocycles. The van der Waals surface area contributed by atoms with Gasteiger partial charge in [-0.3, -0.25) is 0 Å². The lowest BCUT2D eigenvalue weighted by Crippen LogP contribution is -2.43. The summed E-state index contributed by atoms with van der Waals surface area (Å²) in [5.41, 5.74) is 1.72. The predicted octanol–water partition coefficient (Wildman–Crippen LogP) is 4.24. The second-order valence-electron chi connectivity index (χ2n) is 6.59. The third-order valence-corrected chi connectivity index (χ3v) is 5.81. The third kappa shape index (κ3) is 3.01. The Morgan fingerprint density at radius 2 is 2.19 bits per heavy atom. The van der Waals surface area contributed by atoms with Crippen molar-refractivity contribution in [3.05, 3.63) is 35.2 Å². The molecule has 3 rings (SSSR count). The Labute approximate surface area is 131 Å². The van der Waals surface area contributed by atoms with Gasteiger partial charge in [0, 0.05) is 29.3 Å². The van der Waals surface area contributed by atoms with E-state index in [2.05, 4.69) is 55.7 Å². The molecule has 1 aromatic carbocycles. The quantitative estimate of drug-likeness (QED) is 0.892. The Bertz CT molecular complexity index is 606. The van der Waals surface area contributed by atoms with E-state index in [0.29, 0.717) is 12.1 Å². The van der Waals surface area contributed by atoms with Crippen molar-refractivity contribution in [1.29, 1.82) is 0 Å². The van der Waals surface area contributed by atoms with E-state index >= 15 is 0 Å². The number of hydrogen-bond acceptors (Lipinski definition) is 3. The maximum Gasteiger partial charge on any atom is 0.0619 e. The second-order valence-corrected chi connectivity index (χ2v) is 7.51. The van der Waals surface area contributed by atoms with Crippen LogP contribution in [-0.4, -0.2) is 25.3 Å². The molecule has 2 aromatic rings. The van der Waals surface area contributed by atoms with Crippen molar-refractivity contribution in [3.63, 3.8) is 0 Å². The first-order valence-electron chi connectivity index (χ1n) is 7.91. The lowest BCUT2D eigenvalue weighted by atomic mass is 9.76. The van der Waals surface area contributed by atoms with Gasteiger partial charge in [-0.15, -0.1) is 11.3 Å². The Hall–Kier alpha value is -0.900. The molecule has 0 bridgehead atoms. The summed E-state index contributed by atoms with van der Waals surface area (Å²) in [6, 6.07) is 9.27. The molecular weight excluding hydrogens is 278 g/mol. The number of hydrogen-bond donors (Lipinski definition) is 1. The summed E-state index contributed by atoms with van der Waals surface area (Å²) in [6.07, 6.45) is 2.58. The largest absolute Gasteiger partial charge is 0.378 e. The second kappa shape index (κ2) is 6.07. The van der Waals surface area contributed by atoms with E-state index in [1.54, 1.807) is 0 Å². The smallest absolute Gasteiger partial charge is 0.0619 e. The normalized spacial score (nSPS) is 26.0. The van der Waals surface area contributed by atoms with Crippen LogP contribution in [0.5, 0.6) is 0 Å². The summed E-state index contributed by atoms with van der Waals surface area (Å²) in [5, 5.41) is 7.40. The van der Waals surface area contributed by atoms with Crippen LogP contribution in [0.15, 0.2) is 29.6 Å². The first-order chi connectivity index (χ1) is 10.1. The highest BCUT2D eigenvalue weighted by Crippen LogP contribution is 2.40. The number of thiophene rings is 1. The number of ether oxygens (including phenoxy) is 1. The zero-order valence-corrected chi connectivity index (χ0v) is 14.0. The molecule has 0 radical (unpaired) electrons. The van der Waals surface area contributed by atoms with Crippen molar-refractivity contribution in [2.75, 3.05) is 13.2 Å². The highest BCUT2D eigenvalue weighted by molar-refractivity contribution is 7.17. The molecule has 0 spiro atoms. The molecule has 2 heterocycles. The van der Waals surface area contributed by atoms with Gasteiger partial charge in [0.1, 0.15) is 0 Å². The average molecular weight is 303 g/mol. The standard InChI is InChI=1S/C18H25NOS/c1-13(2)19-12-18(8-9-20-14(18)3)10-15-11-21-17-7-5-4-6-16(15)17/h4-7,11,13-14,19H,8-10,12H2,1-3H3. The summed E-state index contributed by atoms with van der Waals surface area (Å²) in [7, 11) is 0. The molecule has 21 heavy (non-hydrogen) atoms. The minimum absolute atomic E-state index is 0.230. The van der Waals surface area contributed by atoms with Gasteiger partial charge in [-0.25, -0.2) is 0 Å². The minimum atomic E-state index is 0.230. The van der Waals surface area contributed by atoms with Crippen LogP contribution >= 0.6 is 11.3 Å². The van der Waals surface area contributed by atoms with Crippen LogP contribution < -0.4 is 5.32 Å². The van der Waals surface area contributed by atoms with Crippen LogP contribution in [-0.2, 0) is 11.2 Å². The maximum atomic E-state index is 5.93. The third-order valence-electron chi connectivity index (χ3n) is 4.80. The van der Waals surface area contributed by atoms with E-state index in [1.165, 1.54) is 15.6 Å². The summed E-state index contributed by atoms with van der Waals surface area (Å²) in [4.78, 5) is 0. The van der Waals surface area contributed by atoms with Crippen LogP contribution in [0.25, 0.3) is 10.1 Å². The molecule has 0 amide bonds. The molecular formula is C18H25NOS. The fraction of sp³-hybridized carbons (Fsp3) is 0.556. The average Bonchev–Trinajstić information content (AvgIpc) is 3.03. The number of fused-ring (bicyclic) bond motifs is 1. The lowest BCUT2D eigenvalue weighted by molar-refractivity contribution is 0.0623. The Morgan fingerprint density at radius 3 is 2.90 bits per heavy atom. The molecule has 1 aromatic heterocycles. The van der Waals surface area contributed by atoms with Crippen molar-refractivity contribution in [1.82, 2.24) is 5.32 Å². The molecule has 0 aliphatic carbocycles.